The van der Waals surface area contributed by atoms with Crippen molar-refractivity contribution in [2.75, 3.05) is 6.61 Å². The van der Waals surface area contributed by atoms with E-state index in [2.05, 4.69) is 10.6 Å². The van der Waals surface area contributed by atoms with Crippen molar-refractivity contribution in [1.29, 1.82) is 0 Å². The summed E-state index contributed by atoms with van der Waals surface area (Å²) in [6.07, 6.45) is 2.15. The summed E-state index contributed by atoms with van der Waals surface area (Å²) in [6.45, 7) is 2.08. The molecule has 2 aliphatic rings. The van der Waals surface area contributed by atoms with Gasteiger partial charge in [-0.3, -0.25) is 9.59 Å². The second kappa shape index (κ2) is 6.84. The highest BCUT2D eigenvalue weighted by Crippen LogP contribution is 2.23. The average molecular weight is 338 g/mol. The van der Waals surface area contributed by atoms with Crippen LogP contribution in [0.2, 0.25) is 0 Å². The van der Waals surface area contributed by atoms with Crippen LogP contribution in [0.4, 0.5) is 8.78 Å². The summed E-state index contributed by atoms with van der Waals surface area (Å²) in [6, 6.07) is 1.57. The lowest BCUT2D eigenvalue weighted by Gasteiger charge is -2.36. The Morgan fingerprint density at radius 3 is 2.83 bits per heavy atom. The fourth-order valence-corrected chi connectivity index (χ4v) is 3.33. The maximum Gasteiger partial charge on any atom is 0.257 e. The first-order chi connectivity index (χ1) is 11.5. The Hall–Kier alpha value is -2.02. The Morgan fingerprint density at radius 1 is 1.33 bits per heavy atom. The van der Waals surface area contributed by atoms with Crippen LogP contribution in [0.3, 0.4) is 0 Å². The van der Waals surface area contributed by atoms with Gasteiger partial charge in [-0.15, -0.1) is 0 Å². The Morgan fingerprint density at radius 2 is 2.12 bits per heavy atom. The first kappa shape index (κ1) is 16.8. The van der Waals surface area contributed by atoms with E-state index < -0.39 is 29.1 Å². The van der Waals surface area contributed by atoms with Gasteiger partial charge in [-0.25, -0.2) is 8.78 Å². The topological polar surface area (TPSA) is 67.4 Å². The first-order valence-electron chi connectivity index (χ1n) is 8.14. The van der Waals surface area contributed by atoms with Crippen LogP contribution in [-0.4, -0.2) is 36.6 Å². The molecule has 2 fully saturated rings. The molecule has 0 radical (unpaired) electrons. The molecule has 7 heteroatoms. The molecule has 2 saturated heterocycles. The number of halogens is 2. The Kier molecular flexibility index (Phi) is 4.80. The summed E-state index contributed by atoms with van der Waals surface area (Å²) in [4.78, 5) is 24.1. The van der Waals surface area contributed by atoms with E-state index in [0.717, 1.165) is 18.9 Å². The van der Waals surface area contributed by atoms with E-state index in [1.165, 1.54) is 13.0 Å². The van der Waals surface area contributed by atoms with Gasteiger partial charge < -0.3 is 15.4 Å². The minimum absolute atomic E-state index is 0.103. The molecule has 0 saturated carbocycles. The van der Waals surface area contributed by atoms with Gasteiger partial charge in [0.25, 0.3) is 5.91 Å². The second-order valence-electron chi connectivity index (χ2n) is 6.32. The number of ether oxygens (including phenoxy) is 1. The number of hydrogen-bond donors (Lipinski definition) is 2. The van der Waals surface area contributed by atoms with E-state index in [0.29, 0.717) is 13.0 Å². The lowest BCUT2D eigenvalue weighted by molar-refractivity contribution is -0.125. The smallest absolute Gasteiger partial charge is 0.257 e. The van der Waals surface area contributed by atoms with Crippen LogP contribution in [-0.2, 0) is 9.53 Å². The van der Waals surface area contributed by atoms with Crippen molar-refractivity contribution < 1.29 is 23.1 Å². The SMILES string of the molecule is Cc1ccc(F)c(C(=O)NC2CCC(=O)NC2C2CCCO2)c1F. The first-order valence-corrected chi connectivity index (χ1v) is 8.14. The van der Waals surface area contributed by atoms with Crippen LogP contribution in [0, 0.1) is 18.6 Å². The minimum Gasteiger partial charge on any atom is -0.376 e. The second-order valence-corrected chi connectivity index (χ2v) is 6.32. The molecule has 2 heterocycles. The summed E-state index contributed by atoms with van der Waals surface area (Å²) in [5, 5.41) is 5.52. The molecule has 2 aliphatic heterocycles. The highest BCUT2D eigenvalue weighted by atomic mass is 19.1. The van der Waals surface area contributed by atoms with Gasteiger partial charge >= 0.3 is 0 Å². The predicted octanol–water partition coefficient (Wildman–Crippen LogP) is 1.83. The van der Waals surface area contributed by atoms with E-state index in [4.69, 9.17) is 4.74 Å². The van der Waals surface area contributed by atoms with Crippen LogP contribution < -0.4 is 10.6 Å². The van der Waals surface area contributed by atoms with Crippen molar-refractivity contribution in [3.8, 4) is 0 Å². The zero-order chi connectivity index (χ0) is 17.3. The summed E-state index contributed by atoms with van der Waals surface area (Å²) in [7, 11) is 0. The molecule has 0 aromatic heterocycles. The number of nitrogens with one attached hydrogen (secondary N) is 2. The molecule has 1 aromatic rings. The summed E-state index contributed by atoms with van der Waals surface area (Å²) < 4.78 is 33.6. The van der Waals surface area contributed by atoms with Crippen LogP contribution >= 0.6 is 0 Å². The molecule has 3 rings (SSSR count). The van der Waals surface area contributed by atoms with Crippen molar-refractivity contribution >= 4 is 11.8 Å². The fourth-order valence-electron chi connectivity index (χ4n) is 3.33. The summed E-state index contributed by atoms with van der Waals surface area (Å²) >= 11 is 0. The molecule has 24 heavy (non-hydrogen) atoms. The minimum atomic E-state index is -0.899. The number of rotatable bonds is 3. The monoisotopic (exact) mass is 338 g/mol. The van der Waals surface area contributed by atoms with E-state index in [9.17, 15) is 18.4 Å². The molecule has 5 nitrogen and oxygen atoms in total. The van der Waals surface area contributed by atoms with Gasteiger partial charge in [0.1, 0.15) is 17.2 Å². The van der Waals surface area contributed by atoms with Crippen molar-refractivity contribution in [2.24, 2.45) is 0 Å². The zero-order valence-electron chi connectivity index (χ0n) is 13.4. The van der Waals surface area contributed by atoms with Crippen molar-refractivity contribution in [1.82, 2.24) is 10.6 Å². The van der Waals surface area contributed by atoms with Gasteiger partial charge in [0.2, 0.25) is 5.91 Å². The highest BCUT2D eigenvalue weighted by molar-refractivity contribution is 5.95. The molecule has 0 bridgehead atoms. The predicted molar refractivity (Wildman–Crippen MR) is 82.5 cm³/mol. The number of carbonyl (C=O) groups is 2. The summed E-state index contributed by atoms with van der Waals surface area (Å²) in [5.41, 5.74) is -0.382. The van der Waals surface area contributed by atoms with E-state index in [1.54, 1.807) is 0 Å². The van der Waals surface area contributed by atoms with Crippen molar-refractivity contribution in [3.63, 3.8) is 0 Å². The summed E-state index contributed by atoms with van der Waals surface area (Å²) in [5.74, 6) is -2.67. The number of carbonyl (C=O) groups excluding carboxylic acids is 2. The van der Waals surface area contributed by atoms with Gasteiger partial charge in [0.15, 0.2) is 0 Å². The highest BCUT2D eigenvalue weighted by Gasteiger charge is 2.38. The molecule has 0 spiro atoms. The van der Waals surface area contributed by atoms with Crippen LogP contribution in [0.25, 0.3) is 0 Å². The van der Waals surface area contributed by atoms with Gasteiger partial charge in [-0.05, 0) is 37.8 Å². The molecule has 130 valence electrons. The standard InChI is InChI=1S/C17H20F2N2O3/c1-9-4-5-10(18)14(15(9)19)17(23)20-11-6-7-13(22)21-16(11)12-3-2-8-24-12/h4-5,11-12,16H,2-3,6-8H2,1H3,(H,20,23)(H,21,22). The molecule has 2 N–H and O–H groups in total. The largest absolute Gasteiger partial charge is 0.376 e. The maximum absolute atomic E-state index is 14.1. The molecular formula is C17H20F2N2O3. The molecular weight excluding hydrogens is 318 g/mol. The number of aryl methyl sites for hydroxylation is 1. The third-order valence-electron chi connectivity index (χ3n) is 4.64. The molecule has 3 unspecified atom stereocenters. The van der Waals surface area contributed by atoms with Gasteiger partial charge in [-0.2, -0.15) is 0 Å². The number of amides is 2. The van der Waals surface area contributed by atoms with Gasteiger partial charge in [-0.1, -0.05) is 6.07 Å². The lowest BCUT2D eigenvalue weighted by Crippen LogP contribution is -2.60. The van der Waals surface area contributed by atoms with E-state index in [1.807, 2.05) is 0 Å². The van der Waals surface area contributed by atoms with Crippen LogP contribution in [0.1, 0.15) is 41.6 Å². The zero-order valence-corrected chi connectivity index (χ0v) is 13.4. The van der Waals surface area contributed by atoms with Crippen molar-refractivity contribution in [3.05, 3.63) is 34.9 Å². The van der Waals surface area contributed by atoms with Gasteiger partial charge in [0, 0.05) is 13.0 Å². The molecule has 2 amide bonds. The Balaban J connectivity index is 1.79. The number of hydrogen-bond acceptors (Lipinski definition) is 3. The average Bonchev–Trinajstić information content (AvgIpc) is 3.07. The quantitative estimate of drug-likeness (QED) is 0.884. The fraction of sp³-hybridized carbons (Fsp3) is 0.529. The third-order valence-corrected chi connectivity index (χ3v) is 4.64. The normalized spacial score (nSPS) is 27.0. The van der Waals surface area contributed by atoms with Crippen LogP contribution in [0.15, 0.2) is 12.1 Å². The Bertz CT molecular complexity index is 659. The molecule has 0 aliphatic carbocycles. The number of benzene rings is 1. The third kappa shape index (κ3) is 3.26. The van der Waals surface area contributed by atoms with Gasteiger partial charge in [0.05, 0.1) is 18.2 Å². The van der Waals surface area contributed by atoms with E-state index in [-0.39, 0.29) is 30.0 Å². The van der Waals surface area contributed by atoms with Crippen molar-refractivity contribution in [2.45, 2.75) is 50.8 Å². The number of piperidine rings is 1. The molecule has 3 atom stereocenters. The van der Waals surface area contributed by atoms with E-state index >= 15 is 0 Å². The van der Waals surface area contributed by atoms with Crippen LogP contribution in [0.5, 0.6) is 0 Å². The lowest BCUT2D eigenvalue weighted by atomic mass is 9.92. The Labute approximate surface area is 138 Å². The maximum atomic E-state index is 14.1. The molecule has 1 aromatic carbocycles.